The van der Waals surface area contributed by atoms with E-state index < -0.39 is 17.6 Å². The van der Waals surface area contributed by atoms with Crippen molar-refractivity contribution in [1.82, 2.24) is 0 Å². The molecule has 1 aromatic carbocycles. The Morgan fingerprint density at radius 3 is 2.47 bits per heavy atom. The van der Waals surface area contributed by atoms with Crippen molar-refractivity contribution in [2.75, 3.05) is 0 Å². The normalized spacial score (nSPS) is 28.4. The number of hydrogen-bond donors (Lipinski definition) is 1. The molecular weight excluding hydrogens is 251 g/mol. The van der Waals surface area contributed by atoms with E-state index in [1.807, 2.05) is 31.2 Å². The molecule has 19 heavy (non-hydrogen) atoms. The van der Waals surface area contributed by atoms with Crippen LogP contribution >= 0.6 is 0 Å². The minimum atomic E-state index is -4.11. The Hall–Kier alpha value is -1.03. The Morgan fingerprint density at radius 2 is 1.89 bits per heavy atom. The molecule has 2 atom stereocenters. The van der Waals surface area contributed by atoms with Crippen LogP contribution in [0.15, 0.2) is 24.3 Å². The molecule has 1 aromatic rings. The summed E-state index contributed by atoms with van der Waals surface area (Å²) in [6.07, 6.45) is -2.08. The molecule has 1 fully saturated rings. The van der Waals surface area contributed by atoms with E-state index in [-0.39, 0.29) is 12.8 Å². The monoisotopic (exact) mass is 271 g/mol. The summed E-state index contributed by atoms with van der Waals surface area (Å²) in [5.41, 5.74) is 7.67. The van der Waals surface area contributed by atoms with Crippen LogP contribution in [0.1, 0.15) is 36.8 Å². The van der Waals surface area contributed by atoms with E-state index in [1.165, 1.54) is 0 Å². The summed E-state index contributed by atoms with van der Waals surface area (Å²) in [6, 6.07) is 7.87. The van der Waals surface area contributed by atoms with Gasteiger partial charge in [0.05, 0.1) is 5.92 Å². The third kappa shape index (κ3) is 3.72. The van der Waals surface area contributed by atoms with Crippen molar-refractivity contribution < 1.29 is 13.2 Å². The second-order valence-electron chi connectivity index (χ2n) is 5.86. The van der Waals surface area contributed by atoms with E-state index in [9.17, 15) is 13.2 Å². The van der Waals surface area contributed by atoms with Crippen molar-refractivity contribution in [1.29, 1.82) is 0 Å². The topological polar surface area (TPSA) is 26.0 Å². The molecule has 4 heteroatoms. The number of benzene rings is 1. The maximum Gasteiger partial charge on any atom is 0.391 e. The number of alkyl halides is 3. The van der Waals surface area contributed by atoms with Crippen LogP contribution in [0.3, 0.4) is 0 Å². The molecule has 0 aromatic heterocycles. The summed E-state index contributed by atoms with van der Waals surface area (Å²) in [5.74, 6) is -1.24. The SMILES string of the molecule is Cc1ccc(CC2(N)CCCC(C(F)(F)F)C2)cc1. The molecule has 0 radical (unpaired) electrons. The van der Waals surface area contributed by atoms with Gasteiger partial charge in [0.25, 0.3) is 0 Å². The first-order valence-corrected chi connectivity index (χ1v) is 6.70. The van der Waals surface area contributed by atoms with Gasteiger partial charge in [-0.1, -0.05) is 36.2 Å². The van der Waals surface area contributed by atoms with Gasteiger partial charge < -0.3 is 5.73 Å². The quantitative estimate of drug-likeness (QED) is 0.864. The molecule has 2 rings (SSSR count). The molecule has 0 saturated heterocycles. The lowest BCUT2D eigenvalue weighted by molar-refractivity contribution is -0.187. The van der Waals surface area contributed by atoms with Gasteiger partial charge in [0, 0.05) is 5.54 Å². The largest absolute Gasteiger partial charge is 0.391 e. The highest BCUT2D eigenvalue weighted by Crippen LogP contribution is 2.41. The van der Waals surface area contributed by atoms with Crippen molar-refractivity contribution in [3.63, 3.8) is 0 Å². The average molecular weight is 271 g/mol. The van der Waals surface area contributed by atoms with Gasteiger partial charge in [-0.05, 0) is 38.2 Å². The van der Waals surface area contributed by atoms with E-state index in [0.29, 0.717) is 19.3 Å². The highest BCUT2D eigenvalue weighted by Gasteiger charge is 2.46. The van der Waals surface area contributed by atoms with Crippen LogP contribution < -0.4 is 5.73 Å². The van der Waals surface area contributed by atoms with Crippen molar-refractivity contribution in [3.8, 4) is 0 Å². The van der Waals surface area contributed by atoms with Gasteiger partial charge >= 0.3 is 6.18 Å². The molecule has 1 aliphatic rings. The second kappa shape index (κ2) is 5.16. The van der Waals surface area contributed by atoms with Crippen LogP contribution in [0.25, 0.3) is 0 Å². The summed E-state index contributed by atoms with van der Waals surface area (Å²) in [7, 11) is 0. The van der Waals surface area contributed by atoms with Crippen LogP contribution in [0.5, 0.6) is 0 Å². The summed E-state index contributed by atoms with van der Waals surface area (Å²) in [5, 5.41) is 0. The van der Waals surface area contributed by atoms with Gasteiger partial charge in [0.15, 0.2) is 0 Å². The fraction of sp³-hybridized carbons (Fsp3) is 0.600. The lowest BCUT2D eigenvalue weighted by atomic mass is 9.73. The van der Waals surface area contributed by atoms with Crippen LogP contribution in [-0.4, -0.2) is 11.7 Å². The maximum atomic E-state index is 12.8. The van der Waals surface area contributed by atoms with E-state index in [4.69, 9.17) is 5.73 Å². The third-order valence-electron chi connectivity index (χ3n) is 4.02. The molecule has 1 aliphatic carbocycles. The first-order valence-electron chi connectivity index (χ1n) is 6.70. The third-order valence-corrected chi connectivity index (χ3v) is 4.02. The predicted molar refractivity (Wildman–Crippen MR) is 69.8 cm³/mol. The Balaban J connectivity index is 2.07. The summed E-state index contributed by atoms with van der Waals surface area (Å²) in [4.78, 5) is 0. The van der Waals surface area contributed by atoms with Crippen molar-refractivity contribution >= 4 is 0 Å². The lowest BCUT2D eigenvalue weighted by Gasteiger charge is -2.39. The molecule has 0 heterocycles. The molecule has 1 saturated carbocycles. The van der Waals surface area contributed by atoms with Crippen LogP contribution in [0, 0.1) is 12.8 Å². The minimum absolute atomic E-state index is 0.0460. The first-order chi connectivity index (χ1) is 8.78. The average Bonchev–Trinajstić information content (AvgIpc) is 2.31. The van der Waals surface area contributed by atoms with E-state index >= 15 is 0 Å². The van der Waals surface area contributed by atoms with Gasteiger partial charge in [0.2, 0.25) is 0 Å². The summed E-state index contributed by atoms with van der Waals surface area (Å²) in [6.45, 7) is 1.99. The Bertz CT molecular complexity index is 424. The molecule has 106 valence electrons. The second-order valence-corrected chi connectivity index (χ2v) is 5.86. The zero-order chi connectivity index (χ0) is 14.1. The number of halogens is 3. The Labute approximate surface area is 112 Å². The molecule has 0 amide bonds. The van der Waals surface area contributed by atoms with Gasteiger partial charge in [-0.3, -0.25) is 0 Å². The lowest BCUT2D eigenvalue weighted by Crippen LogP contribution is -2.48. The van der Waals surface area contributed by atoms with E-state index in [1.54, 1.807) is 0 Å². The summed E-state index contributed by atoms with van der Waals surface area (Å²) >= 11 is 0. The Morgan fingerprint density at radius 1 is 1.26 bits per heavy atom. The van der Waals surface area contributed by atoms with Gasteiger partial charge in [-0.2, -0.15) is 13.2 Å². The number of rotatable bonds is 2. The van der Waals surface area contributed by atoms with Crippen LogP contribution in [0.4, 0.5) is 13.2 Å². The fourth-order valence-electron chi connectivity index (χ4n) is 2.95. The standard InChI is InChI=1S/C15H20F3N/c1-11-4-6-12(7-5-11)9-14(19)8-2-3-13(10-14)15(16,17)18/h4-7,13H,2-3,8-10,19H2,1H3. The van der Waals surface area contributed by atoms with Gasteiger partial charge in [-0.25, -0.2) is 0 Å². The zero-order valence-electron chi connectivity index (χ0n) is 11.1. The van der Waals surface area contributed by atoms with Crippen molar-refractivity contribution in [2.45, 2.75) is 50.7 Å². The molecule has 2 unspecified atom stereocenters. The highest BCUT2D eigenvalue weighted by atomic mass is 19.4. The summed E-state index contributed by atoms with van der Waals surface area (Å²) < 4.78 is 38.5. The number of hydrogen-bond acceptors (Lipinski definition) is 1. The van der Waals surface area contributed by atoms with Gasteiger partial charge in [0.1, 0.15) is 0 Å². The first kappa shape index (κ1) is 14.4. The zero-order valence-corrected chi connectivity index (χ0v) is 11.1. The Kier molecular flexibility index (Phi) is 3.90. The van der Waals surface area contributed by atoms with Gasteiger partial charge in [-0.15, -0.1) is 0 Å². The predicted octanol–water partition coefficient (Wildman–Crippen LogP) is 3.99. The highest BCUT2D eigenvalue weighted by molar-refractivity contribution is 5.23. The maximum absolute atomic E-state index is 12.8. The van der Waals surface area contributed by atoms with Crippen molar-refractivity contribution in [3.05, 3.63) is 35.4 Å². The number of aryl methyl sites for hydroxylation is 1. The molecular formula is C15H20F3N. The van der Waals surface area contributed by atoms with Crippen molar-refractivity contribution in [2.24, 2.45) is 11.7 Å². The molecule has 2 N–H and O–H groups in total. The molecule has 0 aliphatic heterocycles. The smallest absolute Gasteiger partial charge is 0.325 e. The molecule has 0 spiro atoms. The minimum Gasteiger partial charge on any atom is -0.325 e. The van der Waals surface area contributed by atoms with E-state index in [0.717, 1.165) is 11.1 Å². The van der Waals surface area contributed by atoms with E-state index in [2.05, 4.69) is 0 Å². The molecule has 1 nitrogen and oxygen atoms in total. The number of nitrogens with two attached hydrogens (primary N) is 1. The van der Waals surface area contributed by atoms with Crippen LogP contribution in [0.2, 0.25) is 0 Å². The fourth-order valence-corrected chi connectivity index (χ4v) is 2.95. The molecule has 0 bridgehead atoms. The van der Waals surface area contributed by atoms with Crippen LogP contribution in [-0.2, 0) is 6.42 Å².